The smallest absolute Gasteiger partial charge is 0.345 e. The molecule has 0 amide bonds. The molecule has 0 aliphatic carbocycles. The van der Waals surface area contributed by atoms with Gasteiger partial charge < -0.3 is 14.8 Å². The number of hydrogen-bond acceptors (Lipinski definition) is 8. The molecule has 0 saturated carbocycles. The van der Waals surface area contributed by atoms with Gasteiger partial charge in [0.2, 0.25) is 5.16 Å². The predicted molar refractivity (Wildman–Crippen MR) is 118 cm³/mol. The fourth-order valence-corrected chi connectivity index (χ4v) is 3.98. The topological polar surface area (TPSA) is 117 Å². The molecular formula is C20H17N5O3S2. The van der Waals surface area contributed by atoms with E-state index in [4.69, 9.17) is 4.74 Å². The second-order valence-corrected chi connectivity index (χ2v) is 7.98. The molecule has 0 aliphatic heterocycles. The molecule has 30 heavy (non-hydrogen) atoms. The number of aromatic nitrogens is 5. The Hall–Kier alpha value is -3.37. The van der Waals surface area contributed by atoms with Crippen molar-refractivity contribution in [3.8, 4) is 0 Å². The molecule has 0 fully saturated rings. The number of H-pyrrole nitrogens is 2. The Labute approximate surface area is 179 Å². The SMILES string of the molecule is COC(=O)/C(=C(/O)CSc1n[nH]c(/C=C/c2cccs2)n1)c1nc2ccccc2[nH]1. The summed E-state index contributed by atoms with van der Waals surface area (Å²) in [7, 11) is 1.26. The van der Waals surface area contributed by atoms with Crippen LogP contribution in [0, 0.1) is 0 Å². The first-order valence-corrected chi connectivity index (χ1v) is 10.7. The van der Waals surface area contributed by atoms with Gasteiger partial charge in [0.25, 0.3) is 0 Å². The number of nitrogens with one attached hydrogen (secondary N) is 2. The third-order valence-corrected chi connectivity index (χ3v) is 5.77. The Bertz CT molecular complexity index is 1190. The average Bonchev–Trinajstić information content (AvgIpc) is 3.51. The predicted octanol–water partition coefficient (Wildman–Crippen LogP) is 4.15. The van der Waals surface area contributed by atoms with Crippen molar-refractivity contribution in [2.24, 2.45) is 0 Å². The first kappa shape index (κ1) is 19.9. The zero-order chi connectivity index (χ0) is 20.9. The van der Waals surface area contributed by atoms with Crippen molar-refractivity contribution >= 4 is 57.8 Å². The number of aromatic amines is 2. The second-order valence-electron chi connectivity index (χ2n) is 6.06. The number of carbonyl (C=O) groups excluding carboxylic acids is 1. The van der Waals surface area contributed by atoms with Crippen molar-refractivity contribution in [2.75, 3.05) is 12.9 Å². The molecule has 3 N–H and O–H groups in total. The molecule has 3 aromatic heterocycles. The van der Waals surface area contributed by atoms with Crippen molar-refractivity contribution < 1.29 is 14.6 Å². The van der Waals surface area contributed by atoms with Crippen LogP contribution in [0.15, 0.2) is 52.7 Å². The highest BCUT2D eigenvalue weighted by Gasteiger charge is 2.22. The molecule has 0 radical (unpaired) electrons. The molecule has 4 aromatic rings. The molecule has 4 rings (SSSR count). The average molecular weight is 440 g/mol. The van der Waals surface area contributed by atoms with Crippen molar-refractivity contribution in [2.45, 2.75) is 5.16 Å². The number of para-hydroxylation sites is 2. The van der Waals surface area contributed by atoms with Gasteiger partial charge in [-0.3, -0.25) is 5.10 Å². The Morgan fingerprint density at radius 2 is 2.10 bits per heavy atom. The van der Waals surface area contributed by atoms with Crippen LogP contribution in [0.2, 0.25) is 0 Å². The van der Waals surface area contributed by atoms with Gasteiger partial charge in [0.1, 0.15) is 23.0 Å². The van der Waals surface area contributed by atoms with E-state index in [1.807, 2.05) is 53.9 Å². The number of nitrogens with zero attached hydrogens (tertiary/aromatic N) is 3. The first-order valence-electron chi connectivity index (χ1n) is 8.86. The lowest BCUT2D eigenvalue weighted by Crippen LogP contribution is -2.09. The van der Waals surface area contributed by atoms with Crippen LogP contribution in [0.3, 0.4) is 0 Å². The molecule has 0 aliphatic rings. The van der Waals surface area contributed by atoms with Crippen LogP contribution in [0.25, 0.3) is 28.8 Å². The van der Waals surface area contributed by atoms with Gasteiger partial charge in [-0.2, -0.15) is 0 Å². The molecule has 8 nitrogen and oxygen atoms in total. The summed E-state index contributed by atoms with van der Waals surface area (Å²) >= 11 is 2.81. The fourth-order valence-electron chi connectivity index (χ4n) is 2.67. The minimum atomic E-state index is -0.679. The van der Waals surface area contributed by atoms with Crippen LogP contribution in [0.5, 0.6) is 0 Å². The normalized spacial score (nSPS) is 12.4. The molecular weight excluding hydrogens is 422 g/mol. The van der Waals surface area contributed by atoms with Gasteiger partial charge in [0.15, 0.2) is 0 Å². The van der Waals surface area contributed by atoms with E-state index in [1.165, 1.54) is 18.9 Å². The van der Waals surface area contributed by atoms with Crippen molar-refractivity contribution in [3.05, 3.63) is 64.1 Å². The molecule has 0 atom stereocenters. The number of esters is 1. The summed E-state index contributed by atoms with van der Waals surface area (Å²) in [5.74, 6) is 0.0663. The van der Waals surface area contributed by atoms with E-state index in [1.54, 1.807) is 11.3 Å². The lowest BCUT2D eigenvalue weighted by molar-refractivity contribution is -0.133. The number of hydrogen-bond donors (Lipinski definition) is 3. The van der Waals surface area contributed by atoms with Crippen LogP contribution in [0.1, 0.15) is 16.5 Å². The summed E-state index contributed by atoms with van der Waals surface area (Å²) in [5.41, 5.74) is 1.42. The Morgan fingerprint density at radius 3 is 2.87 bits per heavy atom. The number of rotatable bonds is 7. The van der Waals surface area contributed by atoms with Gasteiger partial charge in [-0.25, -0.2) is 14.8 Å². The van der Waals surface area contributed by atoms with E-state index in [0.29, 0.717) is 16.5 Å². The zero-order valence-corrected chi connectivity index (χ0v) is 17.5. The first-order chi connectivity index (χ1) is 14.6. The van der Waals surface area contributed by atoms with E-state index in [2.05, 4.69) is 25.1 Å². The monoisotopic (exact) mass is 439 g/mol. The van der Waals surface area contributed by atoms with Crippen LogP contribution in [0.4, 0.5) is 0 Å². The standard InChI is InChI=1S/C20H17N5O3S2/c1-28-19(27)17(18-21-13-6-2-3-7-14(13)22-18)15(26)11-30-20-23-16(24-25-20)9-8-12-5-4-10-29-12/h2-10,26H,11H2,1H3,(H,21,22)(H,23,24,25)/b9-8+,17-15+. The maximum Gasteiger partial charge on any atom is 0.345 e. The minimum absolute atomic E-state index is 0.0189. The summed E-state index contributed by atoms with van der Waals surface area (Å²) < 4.78 is 4.84. The highest BCUT2D eigenvalue weighted by atomic mass is 32.2. The number of fused-ring (bicyclic) bond motifs is 1. The number of aliphatic hydroxyl groups is 1. The van der Waals surface area contributed by atoms with Crippen LogP contribution in [-0.4, -0.2) is 49.1 Å². The number of aliphatic hydroxyl groups excluding tert-OH is 1. The van der Waals surface area contributed by atoms with Gasteiger partial charge in [0.05, 0.1) is 23.9 Å². The minimum Gasteiger partial charge on any atom is -0.510 e. The molecule has 0 saturated heterocycles. The second kappa shape index (κ2) is 8.97. The number of thioether (sulfide) groups is 1. The van der Waals surface area contributed by atoms with Crippen LogP contribution >= 0.6 is 23.1 Å². The molecule has 10 heteroatoms. The van der Waals surface area contributed by atoms with Crippen LogP contribution in [-0.2, 0) is 9.53 Å². The molecule has 0 bridgehead atoms. The number of imidazole rings is 1. The van der Waals surface area contributed by atoms with Gasteiger partial charge in [-0.05, 0) is 35.7 Å². The number of methoxy groups -OCH3 is 1. The third-order valence-electron chi connectivity index (χ3n) is 4.07. The molecule has 0 spiro atoms. The van der Waals surface area contributed by atoms with Crippen molar-refractivity contribution in [3.63, 3.8) is 0 Å². The number of carbonyl (C=O) groups is 1. The third kappa shape index (κ3) is 4.44. The Morgan fingerprint density at radius 1 is 1.23 bits per heavy atom. The van der Waals surface area contributed by atoms with Crippen molar-refractivity contribution in [1.29, 1.82) is 0 Å². The van der Waals surface area contributed by atoms with Gasteiger partial charge in [-0.15, -0.1) is 16.4 Å². The molecule has 3 heterocycles. The largest absolute Gasteiger partial charge is 0.510 e. The summed E-state index contributed by atoms with van der Waals surface area (Å²) in [5, 5.41) is 20.0. The number of thiophene rings is 1. The lowest BCUT2D eigenvalue weighted by Gasteiger charge is -2.06. The highest BCUT2D eigenvalue weighted by Crippen LogP contribution is 2.24. The van der Waals surface area contributed by atoms with Gasteiger partial charge in [-0.1, -0.05) is 30.0 Å². The zero-order valence-electron chi connectivity index (χ0n) is 15.8. The summed E-state index contributed by atoms with van der Waals surface area (Å²) in [6.07, 6.45) is 3.76. The highest BCUT2D eigenvalue weighted by molar-refractivity contribution is 7.99. The molecule has 1 aromatic carbocycles. The van der Waals surface area contributed by atoms with Gasteiger partial charge in [0, 0.05) is 4.88 Å². The maximum absolute atomic E-state index is 12.3. The van der Waals surface area contributed by atoms with E-state index in [9.17, 15) is 9.90 Å². The van der Waals surface area contributed by atoms with Crippen molar-refractivity contribution in [1.82, 2.24) is 25.1 Å². The number of ether oxygens (including phenoxy) is 1. The Kier molecular flexibility index (Phi) is 5.96. The summed E-state index contributed by atoms with van der Waals surface area (Å²) in [6.45, 7) is 0. The summed E-state index contributed by atoms with van der Waals surface area (Å²) in [4.78, 5) is 25.2. The van der Waals surface area contributed by atoms with E-state index >= 15 is 0 Å². The summed E-state index contributed by atoms with van der Waals surface area (Å²) in [6, 6.07) is 11.3. The van der Waals surface area contributed by atoms with Gasteiger partial charge >= 0.3 is 5.97 Å². The lowest BCUT2D eigenvalue weighted by atomic mass is 10.2. The fraction of sp³-hybridized carbons (Fsp3) is 0.100. The quantitative estimate of drug-likeness (QED) is 0.171. The maximum atomic E-state index is 12.3. The molecule has 152 valence electrons. The van der Waals surface area contributed by atoms with E-state index in [-0.39, 0.29) is 22.9 Å². The van der Waals surface area contributed by atoms with Crippen LogP contribution < -0.4 is 0 Å². The van der Waals surface area contributed by atoms with E-state index < -0.39 is 5.97 Å². The molecule has 0 unspecified atom stereocenters. The van der Waals surface area contributed by atoms with E-state index in [0.717, 1.165) is 10.4 Å². The number of benzene rings is 1. The Balaban J connectivity index is 1.52.